The molecule has 11 aromatic rings. The van der Waals surface area contributed by atoms with Crippen LogP contribution in [0.4, 0.5) is 0 Å². The van der Waals surface area contributed by atoms with Crippen LogP contribution in [0.3, 0.4) is 0 Å². The summed E-state index contributed by atoms with van der Waals surface area (Å²) in [6.07, 6.45) is 0. The molecule has 0 amide bonds. The summed E-state index contributed by atoms with van der Waals surface area (Å²) in [4.78, 5) is 5.12. The molecule has 0 bridgehead atoms. The van der Waals surface area contributed by atoms with Crippen molar-refractivity contribution in [1.82, 2.24) is 14.1 Å². The topological polar surface area (TPSA) is 49.0 Å². The Morgan fingerprint density at radius 3 is 1.98 bits per heavy atom. The number of fused-ring (bicyclic) bond motifs is 13. The maximum Gasteiger partial charge on any atom is 0.307 e. The van der Waals surface area contributed by atoms with Crippen molar-refractivity contribution in [3.63, 3.8) is 0 Å². The third-order valence-electron chi connectivity index (χ3n) is 9.56. The first-order chi connectivity index (χ1) is 22.8. The van der Waals surface area contributed by atoms with Gasteiger partial charge in [-0.1, -0.05) is 84.9 Å². The van der Waals surface area contributed by atoms with E-state index in [9.17, 15) is 0 Å². The number of oxazole rings is 1. The van der Waals surface area contributed by atoms with Gasteiger partial charge in [0.05, 0.1) is 27.5 Å². The SMILES string of the molecule is c1ccc2c(c1)ccc1c2c2ccccc2n1-c1ccc2c(c1)c1ccccc1n2-c1nc2c(ccc3oc4ccccc4c32)o1. The predicted molar refractivity (Wildman–Crippen MR) is 187 cm³/mol. The summed E-state index contributed by atoms with van der Waals surface area (Å²) < 4.78 is 17.2. The summed E-state index contributed by atoms with van der Waals surface area (Å²) in [6.45, 7) is 0. The number of hydrogen-bond donors (Lipinski definition) is 0. The van der Waals surface area contributed by atoms with Crippen LogP contribution in [0.1, 0.15) is 0 Å². The minimum Gasteiger partial charge on any atom is -0.456 e. The normalized spacial score (nSPS) is 12.3. The highest BCUT2D eigenvalue weighted by molar-refractivity contribution is 6.22. The van der Waals surface area contributed by atoms with Crippen LogP contribution in [0.2, 0.25) is 0 Å². The van der Waals surface area contributed by atoms with Crippen molar-refractivity contribution < 1.29 is 8.83 Å². The molecule has 0 N–H and O–H groups in total. The zero-order chi connectivity index (χ0) is 29.9. The predicted octanol–water partition coefficient (Wildman–Crippen LogP) is 11.1. The van der Waals surface area contributed by atoms with E-state index >= 15 is 0 Å². The molecule has 0 unspecified atom stereocenters. The number of aromatic nitrogens is 3. The molecule has 0 aliphatic heterocycles. The Labute approximate surface area is 261 Å². The summed E-state index contributed by atoms with van der Waals surface area (Å²) in [5, 5.41) is 9.34. The molecule has 0 radical (unpaired) electrons. The molecule has 11 rings (SSSR count). The lowest BCUT2D eigenvalue weighted by Gasteiger charge is -2.09. The molecule has 5 heteroatoms. The van der Waals surface area contributed by atoms with Gasteiger partial charge in [-0.3, -0.25) is 4.57 Å². The fraction of sp³-hybridized carbons (Fsp3) is 0. The van der Waals surface area contributed by atoms with Crippen LogP contribution in [0.5, 0.6) is 0 Å². The number of benzene rings is 7. The van der Waals surface area contributed by atoms with Gasteiger partial charge in [0.2, 0.25) is 0 Å². The van der Waals surface area contributed by atoms with E-state index in [1.807, 2.05) is 30.3 Å². The minimum atomic E-state index is 0.537. The smallest absolute Gasteiger partial charge is 0.307 e. The van der Waals surface area contributed by atoms with Gasteiger partial charge in [-0.2, -0.15) is 4.98 Å². The summed E-state index contributed by atoms with van der Waals surface area (Å²) in [5.74, 6) is 0. The number of para-hydroxylation sites is 3. The average molecular weight is 590 g/mol. The van der Waals surface area contributed by atoms with Gasteiger partial charge in [-0.25, -0.2) is 0 Å². The van der Waals surface area contributed by atoms with E-state index in [0.29, 0.717) is 6.01 Å². The second kappa shape index (κ2) is 8.65. The van der Waals surface area contributed by atoms with Crippen LogP contribution in [0, 0.1) is 0 Å². The highest BCUT2D eigenvalue weighted by Gasteiger charge is 2.21. The molecule has 4 aromatic heterocycles. The van der Waals surface area contributed by atoms with E-state index in [1.54, 1.807) is 0 Å². The lowest BCUT2D eigenvalue weighted by atomic mass is 10.0. The van der Waals surface area contributed by atoms with Gasteiger partial charge in [0.15, 0.2) is 5.58 Å². The number of hydrogen-bond acceptors (Lipinski definition) is 3. The van der Waals surface area contributed by atoms with Crippen LogP contribution < -0.4 is 0 Å². The maximum atomic E-state index is 6.52. The Morgan fingerprint density at radius 2 is 1.09 bits per heavy atom. The second-order valence-corrected chi connectivity index (χ2v) is 12.0. The molecule has 0 aliphatic rings. The number of nitrogens with zero attached hydrogens (tertiary/aromatic N) is 3. The lowest BCUT2D eigenvalue weighted by molar-refractivity contribution is 0.574. The molecular weight excluding hydrogens is 566 g/mol. The van der Waals surface area contributed by atoms with Crippen LogP contribution in [0.15, 0.2) is 148 Å². The quantitative estimate of drug-likeness (QED) is 0.202. The third kappa shape index (κ3) is 3.06. The fourth-order valence-corrected chi connectivity index (χ4v) is 7.61. The molecule has 0 fully saturated rings. The molecular formula is C41H23N3O2. The van der Waals surface area contributed by atoms with Crippen LogP contribution >= 0.6 is 0 Å². The molecule has 0 saturated heterocycles. The van der Waals surface area contributed by atoms with Crippen LogP contribution in [-0.2, 0) is 0 Å². The number of rotatable bonds is 2. The molecule has 0 atom stereocenters. The molecule has 0 spiro atoms. The Balaban J connectivity index is 1.19. The Kier molecular flexibility index (Phi) is 4.52. The summed E-state index contributed by atoms with van der Waals surface area (Å²) in [5.41, 5.74) is 8.76. The van der Waals surface area contributed by atoms with Crippen molar-refractivity contribution in [2.24, 2.45) is 0 Å². The van der Waals surface area contributed by atoms with Crippen LogP contribution in [0.25, 0.3) is 99.1 Å². The molecule has 5 nitrogen and oxygen atoms in total. The van der Waals surface area contributed by atoms with Crippen molar-refractivity contribution in [2.75, 3.05) is 0 Å². The largest absolute Gasteiger partial charge is 0.456 e. The van der Waals surface area contributed by atoms with Crippen molar-refractivity contribution >= 4 is 87.4 Å². The summed E-state index contributed by atoms with van der Waals surface area (Å²) in [7, 11) is 0. The first-order valence-corrected chi connectivity index (χ1v) is 15.5. The van der Waals surface area contributed by atoms with Gasteiger partial charge in [0.1, 0.15) is 16.7 Å². The summed E-state index contributed by atoms with van der Waals surface area (Å²) >= 11 is 0. The van der Waals surface area contributed by atoms with Gasteiger partial charge in [-0.15, -0.1) is 0 Å². The van der Waals surface area contributed by atoms with Gasteiger partial charge in [-0.05, 0) is 65.4 Å². The van der Waals surface area contributed by atoms with E-state index in [1.165, 1.54) is 32.6 Å². The van der Waals surface area contributed by atoms with E-state index in [-0.39, 0.29) is 0 Å². The van der Waals surface area contributed by atoms with Crippen molar-refractivity contribution in [2.45, 2.75) is 0 Å². The molecule has 4 heterocycles. The van der Waals surface area contributed by atoms with E-state index < -0.39 is 0 Å². The maximum absolute atomic E-state index is 6.52. The zero-order valence-corrected chi connectivity index (χ0v) is 24.4. The van der Waals surface area contributed by atoms with E-state index in [0.717, 1.165) is 60.5 Å². The Morgan fingerprint density at radius 1 is 0.413 bits per heavy atom. The fourth-order valence-electron chi connectivity index (χ4n) is 7.61. The van der Waals surface area contributed by atoms with Crippen molar-refractivity contribution in [1.29, 1.82) is 0 Å². The van der Waals surface area contributed by atoms with Crippen molar-refractivity contribution in [3.8, 4) is 11.7 Å². The molecule has 0 aliphatic carbocycles. The average Bonchev–Trinajstić information content (AvgIpc) is 3.86. The number of furan rings is 1. The van der Waals surface area contributed by atoms with Crippen LogP contribution in [-0.4, -0.2) is 14.1 Å². The van der Waals surface area contributed by atoms with E-state index in [4.69, 9.17) is 13.8 Å². The highest BCUT2D eigenvalue weighted by atomic mass is 16.4. The highest BCUT2D eigenvalue weighted by Crippen LogP contribution is 2.40. The first-order valence-electron chi connectivity index (χ1n) is 15.5. The van der Waals surface area contributed by atoms with Gasteiger partial charge in [0, 0.05) is 32.6 Å². The van der Waals surface area contributed by atoms with Gasteiger partial charge < -0.3 is 13.4 Å². The zero-order valence-electron chi connectivity index (χ0n) is 24.4. The molecule has 0 saturated carbocycles. The summed E-state index contributed by atoms with van der Waals surface area (Å²) in [6, 6.07) is 49.6. The van der Waals surface area contributed by atoms with Gasteiger partial charge >= 0.3 is 6.01 Å². The van der Waals surface area contributed by atoms with Gasteiger partial charge in [0.25, 0.3) is 0 Å². The monoisotopic (exact) mass is 589 g/mol. The standard InChI is InChI=1S/C41H23N3O2/c1-2-10-26-24(9-1)17-19-34-38(26)28-12-4-7-15-32(28)43(34)25-18-20-33-30(23-25)27-11-3-6-14-31(27)44(33)41-42-40-37(46-41)22-21-36-39(40)29-13-5-8-16-35(29)45-36/h1-23H. The molecule has 46 heavy (non-hydrogen) atoms. The Hall–Kier alpha value is -6.33. The lowest BCUT2D eigenvalue weighted by Crippen LogP contribution is -1.96. The first kappa shape index (κ1) is 24.0. The molecule has 214 valence electrons. The second-order valence-electron chi connectivity index (χ2n) is 12.0. The van der Waals surface area contributed by atoms with E-state index in [2.05, 4.69) is 118 Å². The Bertz CT molecular complexity index is 3040. The third-order valence-corrected chi connectivity index (χ3v) is 9.56. The molecule has 7 aromatic carbocycles. The van der Waals surface area contributed by atoms with Crippen molar-refractivity contribution in [3.05, 3.63) is 140 Å². The minimum absolute atomic E-state index is 0.537.